The van der Waals surface area contributed by atoms with Crippen LogP contribution in [0.5, 0.6) is 0 Å². The minimum Gasteiger partial charge on any atom is -0.457 e. The minimum atomic E-state index is -0.834. The molecule has 0 atom stereocenters. The van der Waals surface area contributed by atoms with Crippen LogP contribution in [0.15, 0.2) is 94.4 Å². The first-order valence-electron chi connectivity index (χ1n) is 13.7. The normalized spacial score (nSPS) is 13.9. The predicted molar refractivity (Wildman–Crippen MR) is 168 cm³/mol. The molecular weight excluding hydrogens is 605 g/mol. The van der Waals surface area contributed by atoms with Crippen molar-refractivity contribution in [2.75, 3.05) is 0 Å². The molecule has 2 N–H and O–H groups in total. The number of ether oxygens (including phenoxy) is 2. The summed E-state index contributed by atoms with van der Waals surface area (Å²) in [6.07, 6.45) is 2.14. The van der Waals surface area contributed by atoms with E-state index >= 15 is 0 Å². The number of rotatable bonds is 8. The maximum atomic E-state index is 13.9. The number of halogens is 2. The SMILES string of the molecule is CC1(C)OC=C(Cc2ccc(Cn3c(=O)n(CC(N)=O)c(=O)c4c3nc(-c3ccccc3Cl)n4-c3ccc(Cl)cc3)cc2)O1. The van der Waals surface area contributed by atoms with Crippen molar-refractivity contribution in [1.82, 2.24) is 18.7 Å². The summed E-state index contributed by atoms with van der Waals surface area (Å²) in [7, 11) is 0. The van der Waals surface area contributed by atoms with Crippen molar-refractivity contribution in [3.8, 4) is 17.1 Å². The summed E-state index contributed by atoms with van der Waals surface area (Å²) in [6, 6.07) is 21.5. The molecule has 5 aromatic rings. The van der Waals surface area contributed by atoms with E-state index in [1.165, 1.54) is 4.57 Å². The molecule has 10 nitrogen and oxygen atoms in total. The van der Waals surface area contributed by atoms with E-state index in [0.29, 0.717) is 39.3 Å². The number of benzene rings is 3. The van der Waals surface area contributed by atoms with Gasteiger partial charge in [-0.15, -0.1) is 0 Å². The van der Waals surface area contributed by atoms with Gasteiger partial charge >= 0.3 is 5.69 Å². The molecule has 12 heteroatoms. The van der Waals surface area contributed by atoms with Gasteiger partial charge in [-0.05, 0) is 47.5 Å². The highest BCUT2D eigenvalue weighted by molar-refractivity contribution is 6.33. The number of primary amides is 1. The van der Waals surface area contributed by atoms with E-state index in [1.54, 1.807) is 59.4 Å². The number of hydrogen-bond donors (Lipinski definition) is 1. The Morgan fingerprint density at radius 1 is 0.932 bits per heavy atom. The van der Waals surface area contributed by atoms with Crippen LogP contribution in [-0.2, 0) is 33.8 Å². The number of fused-ring (bicyclic) bond motifs is 1. The van der Waals surface area contributed by atoms with Gasteiger partial charge in [-0.1, -0.05) is 59.6 Å². The lowest BCUT2D eigenvalue weighted by Gasteiger charge is -2.18. The van der Waals surface area contributed by atoms with E-state index in [0.717, 1.165) is 15.7 Å². The van der Waals surface area contributed by atoms with E-state index in [-0.39, 0.29) is 17.7 Å². The Labute approximate surface area is 261 Å². The van der Waals surface area contributed by atoms with Gasteiger partial charge in [0.2, 0.25) is 11.7 Å². The number of carbonyl (C=O) groups excluding carboxylic acids is 1. The van der Waals surface area contributed by atoms with Crippen LogP contribution in [0.2, 0.25) is 10.0 Å². The Morgan fingerprint density at radius 2 is 1.61 bits per heavy atom. The Bertz CT molecular complexity index is 2060. The molecule has 0 saturated carbocycles. The van der Waals surface area contributed by atoms with Gasteiger partial charge in [-0.3, -0.25) is 18.7 Å². The smallest absolute Gasteiger partial charge is 0.333 e. The van der Waals surface area contributed by atoms with Crippen LogP contribution in [0.4, 0.5) is 0 Å². The van der Waals surface area contributed by atoms with Gasteiger partial charge in [-0.25, -0.2) is 14.3 Å². The Hall–Kier alpha value is -4.80. The van der Waals surface area contributed by atoms with Crippen LogP contribution in [0, 0.1) is 0 Å². The Morgan fingerprint density at radius 3 is 2.25 bits per heavy atom. The zero-order valence-corrected chi connectivity index (χ0v) is 25.3. The molecule has 0 unspecified atom stereocenters. The molecule has 1 aliphatic rings. The van der Waals surface area contributed by atoms with Crippen molar-refractivity contribution in [2.24, 2.45) is 5.73 Å². The second-order valence-electron chi connectivity index (χ2n) is 10.8. The summed E-state index contributed by atoms with van der Waals surface area (Å²) >= 11 is 12.8. The highest BCUT2D eigenvalue weighted by atomic mass is 35.5. The van der Waals surface area contributed by atoms with Gasteiger partial charge < -0.3 is 15.2 Å². The summed E-state index contributed by atoms with van der Waals surface area (Å²) in [5.74, 6) is -0.494. The number of nitrogens with two attached hydrogens (primary N) is 1. The molecule has 0 bridgehead atoms. The molecule has 1 amide bonds. The fraction of sp³-hybridized carbons (Fsp3) is 0.188. The maximum Gasteiger partial charge on any atom is 0.333 e. The second kappa shape index (κ2) is 11.4. The number of amides is 1. The van der Waals surface area contributed by atoms with Crippen LogP contribution in [0.25, 0.3) is 28.2 Å². The third kappa shape index (κ3) is 5.61. The van der Waals surface area contributed by atoms with Crippen LogP contribution in [0.1, 0.15) is 25.0 Å². The number of imidazole rings is 1. The molecule has 0 radical (unpaired) electrons. The summed E-state index contributed by atoms with van der Waals surface area (Å²) in [5, 5.41) is 0.895. The molecule has 0 saturated heterocycles. The lowest BCUT2D eigenvalue weighted by molar-refractivity contribution is -0.118. The van der Waals surface area contributed by atoms with Gasteiger partial charge in [0.15, 0.2) is 11.2 Å². The van der Waals surface area contributed by atoms with Gasteiger partial charge in [0.25, 0.3) is 5.56 Å². The van der Waals surface area contributed by atoms with Crippen LogP contribution >= 0.6 is 23.2 Å². The first-order chi connectivity index (χ1) is 21.0. The molecule has 0 fully saturated rings. The molecule has 44 heavy (non-hydrogen) atoms. The number of carbonyl (C=O) groups is 1. The third-order valence-electron chi connectivity index (χ3n) is 7.13. The monoisotopic (exact) mass is 631 g/mol. The highest BCUT2D eigenvalue weighted by Gasteiger charge is 2.28. The topological polar surface area (TPSA) is 123 Å². The standard InChI is InChI=1S/C32H27Cl2N5O5/c1-32(2)43-18-23(44-32)15-19-7-9-20(10-8-19)16-37-29-27(30(41)38(31(37)42)17-26(35)40)39(22-13-11-21(33)12-14-22)28(36-29)24-5-3-4-6-25(24)34/h3-14,18H,15-17H2,1-2H3,(H2,35,40). The third-order valence-corrected chi connectivity index (χ3v) is 7.71. The van der Waals surface area contributed by atoms with E-state index in [1.807, 2.05) is 38.1 Å². The first-order valence-corrected chi connectivity index (χ1v) is 14.5. The summed E-state index contributed by atoms with van der Waals surface area (Å²) in [6.45, 7) is 3.12. The van der Waals surface area contributed by atoms with Gasteiger partial charge in [0, 0.05) is 36.5 Å². The molecule has 1 aliphatic heterocycles. The highest BCUT2D eigenvalue weighted by Crippen LogP contribution is 2.32. The van der Waals surface area contributed by atoms with Crippen molar-refractivity contribution in [1.29, 1.82) is 0 Å². The van der Waals surface area contributed by atoms with E-state index < -0.39 is 29.5 Å². The molecule has 0 spiro atoms. The number of allylic oxidation sites excluding steroid dienone is 1. The maximum absolute atomic E-state index is 13.9. The molecule has 224 valence electrons. The summed E-state index contributed by atoms with van der Waals surface area (Å²) in [4.78, 5) is 44.5. The van der Waals surface area contributed by atoms with Crippen molar-refractivity contribution in [3.63, 3.8) is 0 Å². The van der Waals surface area contributed by atoms with Crippen molar-refractivity contribution < 1.29 is 14.3 Å². The minimum absolute atomic E-state index is 0.0591. The zero-order valence-electron chi connectivity index (χ0n) is 23.8. The predicted octanol–water partition coefficient (Wildman–Crippen LogP) is 5.02. The van der Waals surface area contributed by atoms with Crippen molar-refractivity contribution >= 4 is 40.3 Å². The fourth-order valence-corrected chi connectivity index (χ4v) is 5.48. The Balaban J connectivity index is 1.52. The zero-order chi connectivity index (χ0) is 31.2. The van der Waals surface area contributed by atoms with Crippen LogP contribution in [0.3, 0.4) is 0 Å². The molecule has 2 aromatic heterocycles. The summed E-state index contributed by atoms with van der Waals surface area (Å²) in [5.41, 5.74) is 7.07. The van der Waals surface area contributed by atoms with E-state index in [4.69, 9.17) is 43.4 Å². The van der Waals surface area contributed by atoms with Gasteiger partial charge in [-0.2, -0.15) is 0 Å². The quantitative estimate of drug-likeness (QED) is 0.256. The van der Waals surface area contributed by atoms with Gasteiger partial charge in [0.1, 0.15) is 24.4 Å². The van der Waals surface area contributed by atoms with Crippen LogP contribution < -0.4 is 17.0 Å². The molecule has 3 aromatic carbocycles. The number of nitrogens with zero attached hydrogens (tertiary/aromatic N) is 4. The van der Waals surface area contributed by atoms with Crippen molar-refractivity contribution in [2.45, 2.75) is 39.1 Å². The number of hydrogen-bond acceptors (Lipinski definition) is 6. The fourth-order valence-electron chi connectivity index (χ4n) is 5.14. The largest absolute Gasteiger partial charge is 0.457 e. The number of aromatic nitrogens is 4. The van der Waals surface area contributed by atoms with E-state index in [9.17, 15) is 14.4 Å². The molecule has 0 aliphatic carbocycles. The lowest BCUT2D eigenvalue weighted by atomic mass is 10.1. The Kier molecular flexibility index (Phi) is 7.56. The van der Waals surface area contributed by atoms with Gasteiger partial charge in [0.05, 0.1) is 11.6 Å². The average molecular weight is 633 g/mol. The van der Waals surface area contributed by atoms with E-state index in [2.05, 4.69) is 0 Å². The lowest BCUT2D eigenvalue weighted by Crippen LogP contribution is -2.43. The second-order valence-corrected chi connectivity index (χ2v) is 11.7. The molecule has 3 heterocycles. The van der Waals surface area contributed by atoms with Crippen molar-refractivity contribution in [3.05, 3.63) is 127 Å². The van der Waals surface area contributed by atoms with Crippen LogP contribution in [-0.4, -0.2) is 30.4 Å². The summed E-state index contributed by atoms with van der Waals surface area (Å²) < 4.78 is 15.1. The molecular formula is C32H27Cl2N5O5. The average Bonchev–Trinajstić information content (AvgIpc) is 3.54. The molecule has 6 rings (SSSR count). The first kappa shape index (κ1) is 29.3.